The van der Waals surface area contributed by atoms with Gasteiger partial charge < -0.3 is 9.84 Å². The average Bonchev–Trinajstić information content (AvgIpc) is 2.81. The van der Waals surface area contributed by atoms with E-state index in [9.17, 15) is 9.90 Å². The van der Waals surface area contributed by atoms with Gasteiger partial charge in [-0.2, -0.15) is 0 Å². The summed E-state index contributed by atoms with van der Waals surface area (Å²) in [7, 11) is 1.31. The molecule has 1 saturated carbocycles. The molecule has 0 radical (unpaired) electrons. The fourth-order valence-corrected chi connectivity index (χ4v) is 1.66. The van der Waals surface area contributed by atoms with Gasteiger partial charge in [0.2, 0.25) is 0 Å². The zero-order valence-electron chi connectivity index (χ0n) is 7.83. The van der Waals surface area contributed by atoms with Crippen molar-refractivity contribution in [3.05, 3.63) is 0 Å². The van der Waals surface area contributed by atoms with Crippen LogP contribution in [0.3, 0.4) is 0 Å². The highest BCUT2D eigenvalue weighted by Crippen LogP contribution is 2.54. The van der Waals surface area contributed by atoms with Crippen LogP contribution in [-0.4, -0.2) is 24.3 Å². The molecule has 0 spiro atoms. The summed E-state index contributed by atoms with van der Waals surface area (Å²) in [6.07, 6.45) is 0.935. The van der Waals surface area contributed by atoms with Crippen LogP contribution < -0.4 is 0 Å². The molecule has 12 heavy (non-hydrogen) atoms. The predicted octanol–water partition coefficient (Wildman–Crippen LogP) is 0.956. The molecule has 0 bridgehead atoms. The maximum absolute atomic E-state index is 11.0. The van der Waals surface area contributed by atoms with Crippen LogP contribution in [0.2, 0.25) is 0 Å². The third-order valence-electron chi connectivity index (χ3n) is 2.95. The van der Waals surface area contributed by atoms with Crippen molar-refractivity contribution >= 4 is 5.97 Å². The molecular weight excluding hydrogens is 156 g/mol. The van der Waals surface area contributed by atoms with Gasteiger partial charge in [0.25, 0.3) is 0 Å². The van der Waals surface area contributed by atoms with E-state index < -0.39 is 12.1 Å². The van der Waals surface area contributed by atoms with Crippen LogP contribution in [0.4, 0.5) is 0 Å². The number of ether oxygens (including phenoxy) is 1. The maximum atomic E-state index is 11.0. The minimum absolute atomic E-state index is 0.187. The summed E-state index contributed by atoms with van der Waals surface area (Å²) >= 11 is 0. The van der Waals surface area contributed by atoms with Crippen LogP contribution in [0, 0.1) is 11.3 Å². The minimum atomic E-state index is -0.928. The van der Waals surface area contributed by atoms with E-state index in [1.165, 1.54) is 7.11 Å². The van der Waals surface area contributed by atoms with Crippen LogP contribution in [0.15, 0.2) is 0 Å². The van der Waals surface area contributed by atoms with Gasteiger partial charge in [-0.1, -0.05) is 13.8 Å². The Morgan fingerprint density at radius 3 is 2.25 bits per heavy atom. The first-order chi connectivity index (χ1) is 5.54. The molecule has 0 aromatic heterocycles. The Hall–Kier alpha value is -0.570. The molecule has 0 aromatic rings. The minimum Gasteiger partial charge on any atom is -0.467 e. The predicted molar refractivity (Wildman–Crippen MR) is 44.5 cm³/mol. The topological polar surface area (TPSA) is 46.5 Å². The molecule has 1 unspecified atom stereocenters. The zero-order valence-corrected chi connectivity index (χ0v) is 7.83. The molecule has 1 aliphatic carbocycles. The smallest absolute Gasteiger partial charge is 0.335 e. The summed E-state index contributed by atoms with van der Waals surface area (Å²) in [5.74, 6) is -0.159. The van der Waals surface area contributed by atoms with Crippen molar-refractivity contribution in [2.45, 2.75) is 32.8 Å². The summed E-state index contributed by atoms with van der Waals surface area (Å²) in [6.45, 7) is 4.05. The maximum Gasteiger partial charge on any atom is 0.335 e. The summed E-state index contributed by atoms with van der Waals surface area (Å²) in [5, 5.41) is 9.60. The Balaban J connectivity index is 2.63. The Labute approximate surface area is 72.7 Å². The molecule has 70 valence electrons. The molecule has 1 atom stereocenters. The van der Waals surface area contributed by atoms with Gasteiger partial charge in [0.05, 0.1) is 7.11 Å². The zero-order chi connectivity index (χ0) is 9.35. The molecule has 1 fully saturated rings. The molecular formula is C9H16O3. The third kappa shape index (κ3) is 1.33. The summed E-state index contributed by atoms with van der Waals surface area (Å²) in [5.41, 5.74) is -0.187. The Kier molecular flexibility index (Phi) is 2.42. The Morgan fingerprint density at radius 2 is 2.00 bits per heavy atom. The van der Waals surface area contributed by atoms with Crippen LogP contribution >= 0.6 is 0 Å². The van der Waals surface area contributed by atoms with E-state index in [-0.39, 0.29) is 5.41 Å². The van der Waals surface area contributed by atoms with Crippen molar-refractivity contribution in [2.75, 3.05) is 7.11 Å². The Bertz CT molecular complexity index is 182. The number of aliphatic hydroxyl groups excluding tert-OH is 1. The second-order valence-corrected chi connectivity index (χ2v) is 3.81. The molecule has 1 aliphatic rings. The lowest BCUT2D eigenvalue weighted by molar-refractivity contribution is -0.155. The third-order valence-corrected chi connectivity index (χ3v) is 2.95. The number of methoxy groups -OCH3 is 1. The fraction of sp³-hybridized carbons (Fsp3) is 0.889. The number of carbonyl (C=O) groups excluding carboxylic acids is 1. The van der Waals surface area contributed by atoms with Crippen molar-refractivity contribution in [1.82, 2.24) is 0 Å². The molecule has 0 saturated heterocycles. The quantitative estimate of drug-likeness (QED) is 0.645. The van der Waals surface area contributed by atoms with E-state index in [1.54, 1.807) is 0 Å². The lowest BCUT2D eigenvalue weighted by atomic mass is 9.87. The molecule has 0 aliphatic heterocycles. The van der Waals surface area contributed by atoms with E-state index in [2.05, 4.69) is 4.74 Å². The fourth-order valence-electron chi connectivity index (χ4n) is 1.66. The van der Waals surface area contributed by atoms with Crippen molar-refractivity contribution in [1.29, 1.82) is 0 Å². The van der Waals surface area contributed by atoms with E-state index >= 15 is 0 Å². The number of hydrogen-bond acceptors (Lipinski definition) is 3. The van der Waals surface area contributed by atoms with Gasteiger partial charge in [-0.25, -0.2) is 4.79 Å². The lowest BCUT2D eigenvalue weighted by Crippen LogP contribution is -2.35. The normalized spacial score (nSPS) is 22.1. The van der Waals surface area contributed by atoms with Crippen molar-refractivity contribution in [2.24, 2.45) is 11.3 Å². The number of esters is 1. The molecule has 3 nitrogen and oxygen atoms in total. The van der Waals surface area contributed by atoms with Crippen LogP contribution in [0.5, 0.6) is 0 Å². The van der Waals surface area contributed by atoms with E-state index in [1.807, 2.05) is 13.8 Å². The second-order valence-electron chi connectivity index (χ2n) is 3.81. The highest BCUT2D eigenvalue weighted by molar-refractivity contribution is 5.76. The van der Waals surface area contributed by atoms with Gasteiger partial charge in [-0.05, 0) is 18.8 Å². The molecule has 0 aromatic carbocycles. The summed E-state index contributed by atoms with van der Waals surface area (Å²) in [4.78, 5) is 11.0. The van der Waals surface area contributed by atoms with Crippen molar-refractivity contribution in [3.63, 3.8) is 0 Å². The molecule has 0 amide bonds. The number of hydrogen-bond donors (Lipinski definition) is 1. The largest absolute Gasteiger partial charge is 0.467 e. The lowest BCUT2D eigenvalue weighted by Gasteiger charge is -2.23. The van der Waals surface area contributed by atoms with Gasteiger partial charge in [0.15, 0.2) is 6.10 Å². The van der Waals surface area contributed by atoms with Gasteiger partial charge in [0.1, 0.15) is 0 Å². The highest BCUT2D eigenvalue weighted by atomic mass is 16.5. The van der Waals surface area contributed by atoms with Crippen LogP contribution in [0.1, 0.15) is 26.7 Å². The second kappa shape index (κ2) is 3.05. The van der Waals surface area contributed by atoms with E-state index in [4.69, 9.17) is 0 Å². The van der Waals surface area contributed by atoms with Gasteiger partial charge in [-0.15, -0.1) is 0 Å². The monoisotopic (exact) mass is 172 g/mol. The van der Waals surface area contributed by atoms with Crippen LogP contribution in [0.25, 0.3) is 0 Å². The first kappa shape index (κ1) is 9.52. The molecule has 1 rings (SSSR count). The first-order valence-corrected chi connectivity index (χ1v) is 4.30. The van der Waals surface area contributed by atoms with Gasteiger partial charge in [-0.3, -0.25) is 0 Å². The Morgan fingerprint density at radius 1 is 1.50 bits per heavy atom. The van der Waals surface area contributed by atoms with Crippen molar-refractivity contribution < 1.29 is 14.6 Å². The summed E-state index contributed by atoms with van der Waals surface area (Å²) < 4.78 is 4.50. The number of rotatable bonds is 3. The molecule has 1 N–H and O–H groups in total. The average molecular weight is 172 g/mol. The van der Waals surface area contributed by atoms with E-state index in [0.717, 1.165) is 12.8 Å². The van der Waals surface area contributed by atoms with Crippen LogP contribution in [-0.2, 0) is 9.53 Å². The standard InChI is InChI=1S/C9H16O3/c1-6(2)9(4-5-9)7(10)8(11)12-3/h6-7,10H,4-5H2,1-3H3. The number of aliphatic hydroxyl groups is 1. The highest BCUT2D eigenvalue weighted by Gasteiger charge is 2.54. The van der Waals surface area contributed by atoms with Gasteiger partial charge >= 0.3 is 5.97 Å². The van der Waals surface area contributed by atoms with E-state index in [0.29, 0.717) is 5.92 Å². The molecule has 0 heterocycles. The van der Waals surface area contributed by atoms with Crippen molar-refractivity contribution in [3.8, 4) is 0 Å². The SMILES string of the molecule is COC(=O)C(O)C1(C(C)C)CC1. The number of carbonyl (C=O) groups is 1. The first-order valence-electron chi connectivity index (χ1n) is 4.30. The molecule has 3 heteroatoms. The van der Waals surface area contributed by atoms with Gasteiger partial charge in [0, 0.05) is 5.41 Å². The summed E-state index contributed by atoms with van der Waals surface area (Å²) in [6, 6.07) is 0.